The van der Waals surface area contributed by atoms with Crippen LogP contribution in [0, 0.1) is 5.92 Å². The maximum atomic E-state index is 5.97. The van der Waals surface area contributed by atoms with Crippen molar-refractivity contribution in [3.05, 3.63) is 34.9 Å². The zero-order chi connectivity index (χ0) is 12.1. The van der Waals surface area contributed by atoms with E-state index in [4.69, 9.17) is 16.3 Å². The van der Waals surface area contributed by atoms with Gasteiger partial charge in [-0.2, -0.15) is 0 Å². The Balaban J connectivity index is 1.84. The van der Waals surface area contributed by atoms with Gasteiger partial charge in [-0.15, -0.1) is 0 Å². The molecular formula is C15H21ClO. The van der Waals surface area contributed by atoms with Crippen LogP contribution in [0.3, 0.4) is 0 Å². The minimum atomic E-state index is 0.283. The fourth-order valence-electron chi connectivity index (χ4n) is 2.47. The molecule has 1 heterocycles. The maximum absolute atomic E-state index is 5.97. The molecule has 0 saturated carbocycles. The molecule has 0 amide bonds. The summed E-state index contributed by atoms with van der Waals surface area (Å²) in [5, 5.41) is 0.797. The predicted molar refractivity (Wildman–Crippen MR) is 72.4 cm³/mol. The monoisotopic (exact) mass is 252 g/mol. The van der Waals surface area contributed by atoms with Crippen LogP contribution in [0.1, 0.15) is 50.7 Å². The molecule has 0 aliphatic carbocycles. The zero-order valence-corrected chi connectivity index (χ0v) is 11.2. The summed E-state index contributed by atoms with van der Waals surface area (Å²) in [7, 11) is 0. The van der Waals surface area contributed by atoms with Gasteiger partial charge in [0.25, 0.3) is 0 Å². The second-order valence-corrected chi connectivity index (χ2v) is 5.40. The predicted octanol–water partition coefficient (Wildman–Crippen LogP) is 5.00. The van der Waals surface area contributed by atoms with E-state index in [0.717, 1.165) is 24.0 Å². The van der Waals surface area contributed by atoms with E-state index >= 15 is 0 Å². The molecule has 1 aliphatic rings. The molecule has 0 spiro atoms. The standard InChI is InChI=1S/C15H21ClO/c1-2-3-4-12-5-10-15(17-11-12)13-6-8-14(16)9-7-13/h6-9,12,15H,2-5,10-11H2,1H3. The van der Waals surface area contributed by atoms with Crippen molar-refractivity contribution in [3.63, 3.8) is 0 Å². The molecule has 1 aromatic carbocycles. The third-order valence-corrected chi connectivity index (χ3v) is 3.83. The van der Waals surface area contributed by atoms with Crippen molar-refractivity contribution in [1.29, 1.82) is 0 Å². The van der Waals surface area contributed by atoms with Gasteiger partial charge in [0.1, 0.15) is 0 Å². The van der Waals surface area contributed by atoms with Gasteiger partial charge >= 0.3 is 0 Å². The van der Waals surface area contributed by atoms with Gasteiger partial charge in [-0.25, -0.2) is 0 Å². The number of hydrogen-bond acceptors (Lipinski definition) is 1. The number of hydrogen-bond donors (Lipinski definition) is 0. The molecule has 1 saturated heterocycles. The molecule has 0 N–H and O–H groups in total. The summed E-state index contributed by atoms with van der Waals surface area (Å²) in [6, 6.07) is 8.06. The first-order valence-electron chi connectivity index (χ1n) is 6.66. The van der Waals surface area contributed by atoms with Crippen LogP contribution in [0.15, 0.2) is 24.3 Å². The summed E-state index contributed by atoms with van der Waals surface area (Å²) in [6.07, 6.45) is 6.68. The Morgan fingerprint density at radius 2 is 2.00 bits per heavy atom. The summed E-state index contributed by atoms with van der Waals surface area (Å²) in [5.41, 5.74) is 1.27. The van der Waals surface area contributed by atoms with Crippen molar-refractivity contribution in [2.45, 2.75) is 45.1 Å². The third-order valence-electron chi connectivity index (χ3n) is 3.58. The lowest BCUT2D eigenvalue weighted by atomic mass is 9.91. The summed E-state index contributed by atoms with van der Waals surface area (Å²) >= 11 is 5.89. The molecule has 0 radical (unpaired) electrons. The van der Waals surface area contributed by atoms with Crippen LogP contribution in [-0.2, 0) is 4.74 Å². The Labute approximate surface area is 109 Å². The lowest BCUT2D eigenvalue weighted by molar-refractivity contribution is -0.0197. The first kappa shape index (κ1) is 12.9. The van der Waals surface area contributed by atoms with E-state index in [1.807, 2.05) is 12.1 Å². The van der Waals surface area contributed by atoms with Crippen LogP contribution in [0.25, 0.3) is 0 Å². The van der Waals surface area contributed by atoms with E-state index in [0.29, 0.717) is 0 Å². The van der Waals surface area contributed by atoms with Crippen molar-refractivity contribution in [1.82, 2.24) is 0 Å². The molecule has 0 aromatic heterocycles. The number of unbranched alkanes of at least 4 members (excludes halogenated alkanes) is 1. The lowest BCUT2D eigenvalue weighted by Gasteiger charge is -2.29. The van der Waals surface area contributed by atoms with Gasteiger partial charge in [-0.3, -0.25) is 0 Å². The van der Waals surface area contributed by atoms with Crippen LogP contribution in [0.5, 0.6) is 0 Å². The Kier molecular flexibility index (Phi) is 4.87. The molecule has 17 heavy (non-hydrogen) atoms. The summed E-state index contributed by atoms with van der Waals surface area (Å²) in [6.45, 7) is 3.17. The zero-order valence-electron chi connectivity index (χ0n) is 10.5. The molecule has 2 heteroatoms. The largest absolute Gasteiger partial charge is 0.373 e. The topological polar surface area (TPSA) is 9.23 Å². The molecular weight excluding hydrogens is 232 g/mol. The second kappa shape index (κ2) is 6.42. The number of ether oxygens (including phenoxy) is 1. The van der Waals surface area contributed by atoms with Crippen molar-refractivity contribution < 1.29 is 4.74 Å². The fraction of sp³-hybridized carbons (Fsp3) is 0.600. The van der Waals surface area contributed by atoms with Gasteiger partial charge in [0.05, 0.1) is 12.7 Å². The Morgan fingerprint density at radius 1 is 1.24 bits per heavy atom. The van der Waals surface area contributed by atoms with E-state index in [-0.39, 0.29) is 6.10 Å². The van der Waals surface area contributed by atoms with Gasteiger partial charge in [0.2, 0.25) is 0 Å². The van der Waals surface area contributed by atoms with E-state index in [2.05, 4.69) is 19.1 Å². The molecule has 0 bridgehead atoms. The van der Waals surface area contributed by atoms with Crippen molar-refractivity contribution in [3.8, 4) is 0 Å². The van der Waals surface area contributed by atoms with Gasteiger partial charge in [-0.05, 0) is 42.9 Å². The molecule has 1 aromatic rings. The molecule has 2 atom stereocenters. The Bertz CT molecular complexity index is 325. The summed E-state index contributed by atoms with van der Waals surface area (Å²) in [5.74, 6) is 0.776. The molecule has 2 rings (SSSR count). The van der Waals surface area contributed by atoms with Gasteiger partial charge in [0.15, 0.2) is 0 Å². The molecule has 1 aliphatic heterocycles. The summed E-state index contributed by atoms with van der Waals surface area (Å²) in [4.78, 5) is 0. The lowest BCUT2D eigenvalue weighted by Crippen LogP contribution is -2.20. The molecule has 94 valence electrons. The number of benzene rings is 1. The highest BCUT2D eigenvalue weighted by Crippen LogP contribution is 2.32. The van der Waals surface area contributed by atoms with Crippen molar-refractivity contribution in [2.75, 3.05) is 6.61 Å². The van der Waals surface area contributed by atoms with E-state index < -0.39 is 0 Å². The van der Waals surface area contributed by atoms with Crippen molar-refractivity contribution in [2.24, 2.45) is 5.92 Å². The normalized spacial score (nSPS) is 24.8. The number of rotatable bonds is 4. The molecule has 1 nitrogen and oxygen atoms in total. The second-order valence-electron chi connectivity index (χ2n) is 4.96. The Morgan fingerprint density at radius 3 is 2.59 bits per heavy atom. The van der Waals surface area contributed by atoms with Gasteiger partial charge < -0.3 is 4.74 Å². The highest BCUT2D eigenvalue weighted by Gasteiger charge is 2.22. The summed E-state index contributed by atoms with van der Waals surface area (Å²) < 4.78 is 5.97. The average Bonchev–Trinajstić information content (AvgIpc) is 2.38. The van der Waals surface area contributed by atoms with Gasteiger partial charge in [0, 0.05) is 5.02 Å². The van der Waals surface area contributed by atoms with E-state index in [1.165, 1.54) is 31.2 Å². The first-order valence-corrected chi connectivity index (χ1v) is 7.04. The maximum Gasteiger partial charge on any atom is 0.0825 e. The molecule has 1 fully saturated rings. The smallest absolute Gasteiger partial charge is 0.0825 e. The van der Waals surface area contributed by atoms with Crippen LogP contribution in [0.2, 0.25) is 5.02 Å². The highest BCUT2D eigenvalue weighted by molar-refractivity contribution is 6.30. The van der Waals surface area contributed by atoms with E-state index in [9.17, 15) is 0 Å². The SMILES string of the molecule is CCCCC1CCC(c2ccc(Cl)cc2)OC1. The van der Waals surface area contributed by atoms with Crippen LogP contribution in [0.4, 0.5) is 0 Å². The number of halogens is 1. The van der Waals surface area contributed by atoms with Crippen LogP contribution >= 0.6 is 11.6 Å². The Hall–Kier alpha value is -0.530. The van der Waals surface area contributed by atoms with Crippen molar-refractivity contribution >= 4 is 11.6 Å². The average molecular weight is 253 g/mol. The van der Waals surface area contributed by atoms with Crippen LogP contribution in [-0.4, -0.2) is 6.61 Å². The third kappa shape index (κ3) is 3.72. The minimum Gasteiger partial charge on any atom is -0.373 e. The quantitative estimate of drug-likeness (QED) is 0.733. The first-order chi connectivity index (χ1) is 8.29. The molecule has 2 unspecified atom stereocenters. The fourth-order valence-corrected chi connectivity index (χ4v) is 2.59. The minimum absolute atomic E-state index is 0.283. The van der Waals surface area contributed by atoms with Crippen LogP contribution < -0.4 is 0 Å². The highest BCUT2D eigenvalue weighted by atomic mass is 35.5. The van der Waals surface area contributed by atoms with E-state index in [1.54, 1.807) is 0 Å². The van der Waals surface area contributed by atoms with Gasteiger partial charge in [-0.1, -0.05) is 43.5 Å².